The van der Waals surface area contributed by atoms with Crippen LogP contribution < -0.4 is 9.80 Å². The summed E-state index contributed by atoms with van der Waals surface area (Å²) in [5.74, 6) is -1.26. The number of para-hydroxylation sites is 1. The van der Waals surface area contributed by atoms with E-state index in [1.165, 1.54) is 23.1 Å². The van der Waals surface area contributed by atoms with Gasteiger partial charge in [0.05, 0.1) is 24.0 Å². The lowest BCUT2D eigenvalue weighted by Crippen LogP contribution is -2.61. The summed E-state index contributed by atoms with van der Waals surface area (Å²) in [6.45, 7) is 0.783. The van der Waals surface area contributed by atoms with Gasteiger partial charge in [0.15, 0.2) is 17.4 Å². The highest BCUT2D eigenvalue weighted by Gasteiger charge is 2.39. The van der Waals surface area contributed by atoms with Gasteiger partial charge in [-0.2, -0.15) is 0 Å². The van der Waals surface area contributed by atoms with E-state index < -0.39 is 29.8 Å². The Bertz CT molecular complexity index is 971. The maximum absolute atomic E-state index is 13.7. The number of aromatic hydroxyl groups is 1. The normalized spacial score (nSPS) is 18.5. The van der Waals surface area contributed by atoms with Crippen LogP contribution in [-0.2, 0) is 0 Å². The lowest BCUT2D eigenvalue weighted by molar-refractivity contribution is 0.134. The van der Waals surface area contributed by atoms with E-state index in [1.54, 1.807) is 0 Å². The van der Waals surface area contributed by atoms with E-state index in [9.17, 15) is 29.3 Å². The molecule has 0 unspecified atom stereocenters. The van der Waals surface area contributed by atoms with Crippen molar-refractivity contribution in [3.05, 3.63) is 30.1 Å². The maximum atomic E-state index is 13.7. The van der Waals surface area contributed by atoms with E-state index in [0.29, 0.717) is 12.2 Å². The first kappa shape index (κ1) is 17.8. The van der Waals surface area contributed by atoms with E-state index in [0.717, 1.165) is 11.0 Å². The van der Waals surface area contributed by atoms with Crippen molar-refractivity contribution in [3.63, 3.8) is 0 Å². The first-order chi connectivity index (χ1) is 13.4. The molecule has 2 amide bonds. The van der Waals surface area contributed by atoms with Crippen molar-refractivity contribution < 1.29 is 29.3 Å². The number of anilines is 2. The minimum absolute atomic E-state index is 0.0470. The van der Waals surface area contributed by atoms with Gasteiger partial charge in [0.1, 0.15) is 0 Å². The third-order valence-electron chi connectivity index (χ3n) is 4.96. The Labute approximate surface area is 158 Å². The predicted molar refractivity (Wildman–Crippen MR) is 95.2 cm³/mol. The van der Waals surface area contributed by atoms with Crippen molar-refractivity contribution in [1.82, 2.24) is 15.1 Å². The molecule has 1 atom stereocenters. The molecule has 3 heterocycles. The Hall–Kier alpha value is -3.63. The molecule has 3 N–H and O–H groups in total. The highest BCUT2D eigenvalue weighted by Crippen LogP contribution is 2.39. The highest BCUT2D eigenvalue weighted by atomic mass is 19.1. The summed E-state index contributed by atoms with van der Waals surface area (Å²) in [6, 6.07) is 5.15. The smallest absolute Gasteiger partial charge is 0.413 e. The SMILES string of the molecule is O=C(O)N1CCN2c3cc(-c4cccc(F)c4O)nnc3N(C(=O)O)C[C@H]2C1. The average Bonchev–Trinajstić information content (AvgIpc) is 2.68. The van der Waals surface area contributed by atoms with Gasteiger partial charge in [0, 0.05) is 25.2 Å². The number of hydrogen-bond acceptors (Lipinski definition) is 6. The summed E-state index contributed by atoms with van der Waals surface area (Å²) in [6.07, 6.45) is -2.30. The van der Waals surface area contributed by atoms with Gasteiger partial charge in [0.25, 0.3) is 0 Å². The van der Waals surface area contributed by atoms with Gasteiger partial charge in [-0.3, -0.25) is 4.90 Å². The monoisotopic (exact) mass is 389 g/mol. The molecule has 4 rings (SSSR count). The number of phenolic OH excluding ortho intramolecular Hbond substituents is 1. The van der Waals surface area contributed by atoms with Crippen LogP contribution in [0.4, 0.5) is 25.5 Å². The number of hydrogen-bond donors (Lipinski definition) is 3. The number of carboxylic acid groups (broad SMARTS) is 2. The van der Waals surface area contributed by atoms with E-state index in [2.05, 4.69) is 10.2 Å². The number of piperazine rings is 1. The molecular weight excluding hydrogens is 373 g/mol. The van der Waals surface area contributed by atoms with Crippen molar-refractivity contribution in [2.75, 3.05) is 36.0 Å². The van der Waals surface area contributed by atoms with Gasteiger partial charge in [-0.1, -0.05) is 6.07 Å². The number of rotatable bonds is 1. The molecule has 0 saturated carbocycles. The highest BCUT2D eigenvalue weighted by molar-refractivity contribution is 5.92. The minimum Gasteiger partial charge on any atom is -0.504 e. The number of phenols is 1. The fraction of sp³-hybridized carbons (Fsp3) is 0.294. The van der Waals surface area contributed by atoms with Crippen LogP contribution in [0.1, 0.15) is 0 Å². The standard InChI is InChI=1S/C17H16FN5O5/c18-11-3-1-2-10(14(11)24)12-6-13-15(20-19-12)23(17(27)28)8-9-7-21(16(25)26)4-5-22(9)13/h1-3,6,9,24H,4-5,7-8H2,(H,25,26)(H,27,28)/t9-/m1/s1. The maximum Gasteiger partial charge on any atom is 0.413 e. The summed E-state index contributed by atoms with van der Waals surface area (Å²) >= 11 is 0. The van der Waals surface area contributed by atoms with Crippen LogP contribution in [0.5, 0.6) is 5.75 Å². The largest absolute Gasteiger partial charge is 0.504 e. The Morgan fingerprint density at radius 2 is 1.89 bits per heavy atom. The van der Waals surface area contributed by atoms with Crippen molar-refractivity contribution in [2.24, 2.45) is 0 Å². The van der Waals surface area contributed by atoms with E-state index in [-0.39, 0.29) is 36.7 Å². The zero-order chi connectivity index (χ0) is 20.0. The second kappa shape index (κ2) is 6.51. The number of nitrogens with zero attached hydrogens (tertiary/aromatic N) is 5. The van der Waals surface area contributed by atoms with Crippen LogP contribution in [0.25, 0.3) is 11.3 Å². The van der Waals surface area contributed by atoms with E-state index in [1.807, 2.05) is 4.90 Å². The summed E-state index contributed by atoms with van der Waals surface area (Å²) in [4.78, 5) is 27.1. The molecule has 0 bridgehead atoms. The molecule has 1 aromatic heterocycles. The lowest BCUT2D eigenvalue weighted by Gasteiger charge is -2.46. The van der Waals surface area contributed by atoms with Gasteiger partial charge in [-0.15, -0.1) is 10.2 Å². The first-order valence-electron chi connectivity index (χ1n) is 8.47. The minimum atomic E-state index is -1.23. The van der Waals surface area contributed by atoms with Crippen LogP contribution in [0.15, 0.2) is 24.3 Å². The topological polar surface area (TPSA) is 130 Å². The lowest BCUT2D eigenvalue weighted by atomic mass is 10.0. The number of halogens is 1. The quantitative estimate of drug-likeness (QED) is 0.671. The molecule has 1 saturated heterocycles. The molecule has 1 aromatic carbocycles. The number of amides is 2. The number of carbonyl (C=O) groups is 2. The van der Waals surface area contributed by atoms with Crippen molar-refractivity contribution in [2.45, 2.75) is 6.04 Å². The summed E-state index contributed by atoms with van der Waals surface area (Å²) in [7, 11) is 0. The van der Waals surface area contributed by atoms with Crippen molar-refractivity contribution in [3.8, 4) is 17.0 Å². The van der Waals surface area contributed by atoms with Crippen molar-refractivity contribution >= 4 is 23.7 Å². The van der Waals surface area contributed by atoms with Crippen LogP contribution in [0.2, 0.25) is 0 Å². The Balaban J connectivity index is 1.79. The van der Waals surface area contributed by atoms with Gasteiger partial charge in [-0.05, 0) is 18.2 Å². The fourth-order valence-corrected chi connectivity index (χ4v) is 3.60. The summed E-state index contributed by atoms with van der Waals surface area (Å²) < 4.78 is 13.7. The Morgan fingerprint density at radius 1 is 1.11 bits per heavy atom. The number of aromatic nitrogens is 2. The molecule has 2 aromatic rings. The second-order valence-corrected chi connectivity index (χ2v) is 6.54. The molecule has 28 heavy (non-hydrogen) atoms. The number of benzene rings is 1. The summed E-state index contributed by atoms with van der Waals surface area (Å²) in [5.41, 5.74) is 0.753. The predicted octanol–water partition coefficient (Wildman–Crippen LogP) is 1.65. The molecule has 1 fully saturated rings. The molecule has 2 aliphatic rings. The molecule has 146 valence electrons. The average molecular weight is 389 g/mol. The van der Waals surface area contributed by atoms with Crippen LogP contribution >= 0.6 is 0 Å². The second-order valence-electron chi connectivity index (χ2n) is 6.54. The number of fused-ring (bicyclic) bond motifs is 3. The van der Waals surface area contributed by atoms with Gasteiger partial charge in [0.2, 0.25) is 0 Å². The molecule has 0 aliphatic carbocycles. The summed E-state index contributed by atoms with van der Waals surface area (Å²) in [5, 5.41) is 36.7. The fourth-order valence-electron chi connectivity index (χ4n) is 3.60. The molecule has 10 nitrogen and oxygen atoms in total. The van der Waals surface area contributed by atoms with Gasteiger partial charge in [-0.25, -0.2) is 14.0 Å². The van der Waals surface area contributed by atoms with Crippen molar-refractivity contribution in [1.29, 1.82) is 0 Å². The van der Waals surface area contributed by atoms with Crippen LogP contribution in [0, 0.1) is 5.82 Å². The molecule has 0 radical (unpaired) electrons. The van der Waals surface area contributed by atoms with Gasteiger partial charge >= 0.3 is 12.2 Å². The van der Waals surface area contributed by atoms with Crippen LogP contribution in [-0.4, -0.2) is 74.8 Å². The third kappa shape index (κ3) is 2.80. The first-order valence-corrected chi connectivity index (χ1v) is 8.47. The zero-order valence-electron chi connectivity index (χ0n) is 14.5. The van der Waals surface area contributed by atoms with E-state index >= 15 is 0 Å². The zero-order valence-corrected chi connectivity index (χ0v) is 14.5. The van der Waals surface area contributed by atoms with E-state index in [4.69, 9.17) is 0 Å². The Morgan fingerprint density at radius 3 is 2.61 bits per heavy atom. The Kier molecular flexibility index (Phi) is 4.13. The molecule has 2 aliphatic heterocycles. The van der Waals surface area contributed by atoms with Gasteiger partial charge < -0.3 is 25.1 Å². The molecule has 0 spiro atoms. The van der Waals surface area contributed by atoms with Crippen LogP contribution in [0.3, 0.4) is 0 Å². The third-order valence-corrected chi connectivity index (χ3v) is 4.96. The molecule has 11 heteroatoms. The molecular formula is C17H16FN5O5.